The van der Waals surface area contributed by atoms with Crippen LogP contribution in [0.2, 0.25) is 0 Å². The monoisotopic (exact) mass is 239 g/mol. The van der Waals surface area contributed by atoms with Crippen LogP contribution in [0.15, 0.2) is 11.4 Å². The minimum Gasteiger partial charge on any atom is -0.309 e. The molecule has 0 saturated heterocycles. The van der Waals surface area contributed by atoms with E-state index in [1.807, 2.05) is 11.3 Å². The SMILES string of the molecule is CCNC(c1sccc1CC)C(CC)CC. The zero-order valence-corrected chi connectivity index (χ0v) is 11.9. The summed E-state index contributed by atoms with van der Waals surface area (Å²) < 4.78 is 0. The molecule has 0 amide bonds. The summed E-state index contributed by atoms with van der Waals surface area (Å²) in [6.07, 6.45) is 3.67. The Bertz CT molecular complexity index is 289. The van der Waals surface area contributed by atoms with Crippen molar-refractivity contribution in [3.8, 4) is 0 Å². The Balaban J connectivity index is 2.91. The van der Waals surface area contributed by atoms with Gasteiger partial charge in [-0.1, -0.05) is 40.5 Å². The maximum atomic E-state index is 3.67. The maximum absolute atomic E-state index is 3.67. The van der Waals surface area contributed by atoms with Gasteiger partial charge in [0.25, 0.3) is 0 Å². The van der Waals surface area contributed by atoms with Crippen molar-refractivity contribution in [2.45, 2.75) is 53.0 Å². The lowest BCUT2D eigenvalue weighted by molar-refractivity contribution is 0.349. The third-order valence-electron chi connectivity index (χ3n) is 3.39. The minimum atomic E-state index is 0.565. The lowest BCUT2D eigenvalue weighted by Crippen LogP contribution is -2.27. The van der Waals surface area contributed by atoms with E-state index in [1.54, 1.807) is 4.88 Å². The highest BCUT2D eigenvalue weighted by molar-refractivity contribution is 7.10. The van der Waals surface area contributed by atoms with Gasteiger partial charge in [0, 0.05) is 10.9 Å². The van der Waals surface area contributed by atoms with Crippen LogP contribution in [0, 0.1) is 5.92 Å². The van der Waals surface area contributed by atoms with Gasteiger partial charge in [-0.2, -0.15) is 0 Å². The summed E-state index contributed by atoms with van der Waals surface area (Å²) in [4.78, 5) is 1.57. The summed E-state index contributed by atoms with van der Waals surface area (Å²) in [6, 6.07) is 2.85. The molecule has 0 aliphatic heterocycles. The molecule has 1 atom stereocenters. The van der Waals surface area contributed by atoms with Crippen molar-refractivity contribution >= 4 is 11.3 Å². The van der Waals surface area contributed by atoms with E-state index in [0.29, 0.717) is 6.04 Å². The summed E-state index contributed by atoms with van der Waals surface area (Å²) in [5, 5.41) is 5.91. The number of rotatable bonds is 7. The zero-order chi connectivity index (χ0) is 12.0. The minimum absolute atomic E-state index is 0.565. The zero-order valence-electron chi connectivity index (χ0n) is 11.0. The summed E-state index contributed by atoms with van der Waals surface area (Å²) in [5.41, 5.74) is 1.53. The number of thiophene rings is 1. The van der Waals surface area contributed by atoms with Gasteiger partial charge in [-0.25, -0.2) is 0 Å². The highest BCUT2D eigenvalue weighted by Gasteiger charge is 2.22. The van der Waals surface area contributed by atoms with Crippen LogP contribution in [0.25, 0.3) is 0 Å². The van der Waals surface area contributed by atoms with Crippen molar-refractivity contribution in [1.29, 1.82) is 0 Å². The van der Waals surface area contributed by atoms with Crippen molar-refractivity contribution in [2.75, 3.05) is 6.54 Å². The summed E-state index contributed by atoms with van der Waals surface area (Å²) >= 11 is 1.92. The van der Waals surface area contributed by atoms with Gasteiger partial charge in [-0.05, 0) is 35.9 Å². The third kappa shape index (κ3) is 3.08. The molecule has 1 heterocycles. The fraction of sp³-hybridized carbons (Fsp3) is 0.714. The molecule has 1 rings (SSSR count). The molecule has 1 nitrogen and oxygen atoms in total. The van der Waals surface area contributed by atoms with Crippen LogP contribution in [0.3, 0.4) is 0 Å². The topological polar surface area (TPSA) is 12.0 Å². The van der Waals surface area contributed by atoms with Gasteiger partial charge < -0.3 is 5.32 Å². The molecule has 92 valence electrons. The molecule has 16 heavy (non-hydrogen) atoms. The Hall–Kier alpha value is -0.340. The largest absolute Gasteiger partial charge is 0.309 e. The highest BCUT2D eigenvalue weighted by Crippen LogP contribution is 2.33. The van der Waals surface area contributed by atoms with Crippen LogP contribution in [0.5, 0.6) is 0 Å². The number of hydrogen-bond acceptors (Lipinski definition) is 2. The molecular formula is C14H25NS. The van der Waals surface area contributed by atoms with Gasteiger partial charge >= 0.3 is 0 Å². The summed E-state index contributed by atoms with van der Waals surface area (Å²) in [7, 11) is 0. The predicted molar refractivity (Wildman–Crippen MR) is 74.2 cm³/mol. The Morgan fingerprint density at radius 1 is 1.19 bits per heavy atom. The molecule has 0 bridgehead atoms. The van der Waals surface area contributed by atoms with Gasteiger partial charge in [0.05, 0.1) is 0 Å². The Kier molecular flexibility index (Phi) is 6.07. The molecule has 0 radical (unpaired) electrons. The van der Waals surface area contributed by atoms with Crippen LogP contribution in [-0.4, -0.2) is 6.54 Å². The second-order valence-corrected chi connectivity index (χ2v) is 5.22. The maximum Gasteiger partial charge on any atom is 0.0445 e. The van der Waals surface area contributed by atoms with E-state index in [1.165, 1.54) is 18.4 Å². The van der Waals surface area contributed by atoms with Gasteiger partial charge in [0.1, 0.15) is 0 Å². The van der Waals surface area contributed by atoms with Crippen LogP contribution in [0.4, 0.5) is 0 Å². The standard InChI is InChI=1S/C14H25NS/c1-5-11(6-2)13(15-8-4)14-12(7-3)9-10-16-14/h9-11,13,15H,5-8H2,1-4H3. The van der Waals surface area contributed by atoms with Crippen molar-refractivity contribution in [2.24, 2.45) is 5.92 Å². The fourth-order valence-electron chi connectivity index (χ4n) is 2.37. The van der Waals surface area contributed by atoms with Crippen LogP contribution in [-0.2, 0) is 6.42 Å². The molecule has 0 aliphatic rings. The Morgan fingerprint density at radius 2 is 1.88 bits per heavy atom. The molecule has 0 spiro atoms. The van der Waals surface area contributed by atoms with Gasteiger partial charge in [-0.15, -0.1) is 11.3 Å². The normalized spacial score (nSPS) is 13.3. The fourth-order valence-corrected chi connectivity index (χ4v) is 3.53. The van der Waals surface area contributed by atoms with E-state index in [4.69, 9.17) is 0 Å². The molecule has 1 aromatic heterocycles. The highest BCUT2D eigenvalue weighted by atomic mass is 32.1. The van der Waals surface area contributed by atoms with Gasteiger partial charge in [-0.3, -0.25) is 0 Å². The lowest BCUT2D eigenvalue weighted by atomic mass is 9.91. The average molecular weight is 239 g/mol. The van der Waals surface area contributed by atoms with E-state index in [-0.39, 0.29) is 0 Å². The first-order chi connectivity index (χ1) is 7.78. The van der Waals surface area contributed by atoms with Gasteiger partial charge in [0.15, 0.2) is 0 Å². The number of aryl methyl sites for hydroxylation is 1. The number of nitrogens with one attached hydrogen (secondary N) is 1. The number of hydrogen-bond donors (Lipinski definition) is 1. The van der Waals surface area contributed by atoms with Crippen LogP contribution in [0.1, 0.15) is 57.0 Å². The van der Waals surface area contributed by atoms with Crippen molar-refractivity contribution in [3.05, 3.63) is 21.9 Å². The van der Waals surface area contributed by atoms with E-state index >= 15 is 0 Å². The smallest absolute Gasteiger partial charge is 0.0445 e. The average Bonchev–Trinajstić information content (AvgIpc) is 2.77. The molecule has 0 aliphatic carbocycles. The second kappa shape index (κ2) is 7.08. The Labute approximate surface area is 104 Å². The molecule has 1 unspecified atom stereocenters. The quantitative estimate of drug-likeness (QED) is 0.744. The first kappa shape index (κ1) is 13.7. The van der Waals surface area contributed by atoms with Crippen molar-refractivity contribution in [3.63, 3.8) is 0 Å². The molecule has 1 N–H and O–H groups in total. The second-order valence-electron chi connectivity index (χ2n) is 4.28. The molecule has 0 aromatic carbocycles. The summed E-state index contributed by atoms with van der Waals surface area (Å²) in [5.74, 6) is 0.767. The van der Waals surface area contributed by atoms with Crippen molar-refractivity contribution in [1.82, 2.24) is 5.32 Å². The molecule has 0 fully saturated rings. The van der Waals surface area contributed by atoms with E-state index < -0.39 is 0 Å². The Morgan fingerprint density at radius 3 is 2.38 bits per heavy atom. The molecule has 1 aromatic rings. The first-order valence-electron chi connectivity index (χ1n) is 6.57. The lowest BCUT2D eigenvalue weighted by Gasteiger charge is -2.26. The van der Waals surface area contributed by atoms with E-state index in [2.05, 4.69) is 44.5 Å². The predicted octanol–water partition coefficient (Wildman–Crippen LogP) is 4.40. The molecular weight excluding hydrogens is 214 g/mol. The summed E-state index contributed by atoms with van der Waals surface area (Å²) in [6.45, 7) is 10.1. The van der Waals surface area contributed by atoms with E-state index in [0.717, 1.165) is 18.9 Å². The van der Waals surface area contributed by atoms with Gasteiger partial charge in [0.2, 0.25) is 0 Å². The third-order valence-corrected chi connectivity index (χ3v) is 4.43. The van der Waals surface area contributed by atoms with Crippen LogP contribution < -0.4 is 5.32 Å². The van der Waals surface area contributed by atoms with E-state index in [9.17, 15) is 0 Å². The molecule has 0 saturated carbocycles. The van der Waals surface area contributed by atoms with Crippen LogP contribution >= 0.6 is 11.3 Å². The first-order valence-corrected chi connectivity index (χ1v) is 7.45. The molecule has 2 heteroatoms. The van der Waals surface area contributed by atoms with Crippen molar-refractivity contribution < 1.29 is 0 Å².